The Kier molecular flexibility index (Phi) is 3.58. The van der Waals surface area contributed by atoms with E-state index in [0.717, 1.165) is 5.92 Å². The fraction of sp³-hybridized carbons (Fsp3) is 0.583. The molecule has 0 aromatic heterocycles. The van der Waals surface area contributed by atoms with E-state index in [0.29, 0.717) is 5.92 Å². The molecule has 0 heterocycles. The lowest BCUT2D eigenvalue weighted by atomic mass is 9.80. The van der Waals surface area contributed by atoms with Crippen molar-refractivity contribution in [3.05, 3.63) is 30.2 Å². The maximum Gasteiger partial charge on any atom is -0.00932 e. The van der Waals surface area contributed by atoms with Gasteiger partial charge in [0.05, 0.1) is 0 Å². The van der Waals surface area contributed by atoms with Crippen LogP contribution in [0.2, 0.25) is 0 Å². The number of rotatable bonds is 3. The molecule has 0 N–H and O–H groups in total. The molecule has 1 rings (SSSR count). The van der Waals surface area contributed by atoms with Gasteiger partial charge in [0.1, 0.15) is 0 Å². The third-order valence-electron chi connectivity index (χ3n) is 2.67. The Morgan fingerprint density at radius 3 is 2.75 bits per heavy atom. The van der Waals surface area contributed by atoms with E-state index in [4.69, 9.17) is 0 Å². The largest absolute Gasteiger partial charge is 0.0802 e. The zero-order valence-electron chi connectivity index (χ0n) is 8.38. The molecule has 0 fully saturated rings. The van der Waals surface area contributed by atoms with Crippen molar-refractivity contribution in [3.63, 3.8) is 0 Å². The highest BCUT2D eigenvalue weighted by atomic mass is 14.2. The summed E-state index contributed by atoms with van der Waals surface area (Å²) in [6.07, 6.45) is 11.5. The molecule has 0 aliphatic heterocycles. The van der Waals surface area contributed by atoms with Gasteiger partial charge in [0.2, 0.25) is 0 Å². The molecule has 1 aliphatic carbocycles. The topological polar surface area (TPSA) is 0 Å². The SMILES string of the molecule is CCCC(C)C1[CH]C=CC=C1C. The Morgan fingerprint density at radius 1 is 1.42 bits per heavy atom. The van der Waals surface area contributed by atoms with E-state index in [-0.39, 0.29) is 0 Å². The predicted octanol–water partition coefficient (Wildman–Crippen LogP) is 3.76. The fourth-order valence-corrected chi connectivity index (χ4v) is 1.93. The van der Waals surface area contributed by atoms with Crippen molar-refractivity contribution in [3.8, 4) is 0 Å². The Morgan fingerprint density at radius 2 is 2.17 bits per heavy atom. The summed E-state index contributed by atoms with van der Waals surface area (Å²) in [6, 6.07) is 0. The lowest BCUT2D eigenvalue weighted by Crippen LogP contribution is -2.14. The molecule has 67 valence electrons. The van der Waals surface area contributed by atoms with Gasteiger partial charge >= 0.3 is 0 Å². The third-order valence-corrected chi connectivity index (χ3v) is 2.67. The molecule has 0 bridgehead atoms. The first kappa shape index (κ1) is 9.57. The van der Waals surface area contributed by atoms with Gasteiger partial charge in [-0.25, -0.2) is 0 Å². The van der Waals surface area contributed by atoms with Gasteiger partial charge in [-0.3, -0.25) is 0 Å². The first-order valence-corrected chi connectivity index (χ1v) is 4.94. The van der Waals surface area contributed by atoms with Crippen LogP contribution in [0, 0.1) is 18.3 Å². The van der Waals surface area contributed by atoms with Gasteiger partial charge < -0.3 is 0 Å². The minimum atomic E-state index is 0.690. The third kappa shape index (κ3) is 2.23. The van der Waals surface area contributed by atoms with Crippen LogP contribution in [0.1, 0.15) is 33.6 Å². The molecular weight excluding hydrogens is 144 g/mol. The van der Waals surface area contributed by atoms with Crippen LogP contribution in [0.15, 0.2) is 23.8 Å². The molecule has 1 aliphatic rings. The van der Waals surface area contributed by atoms with Crippen molar-refractivity contribution >= 4 is 0 Å². The highest BCUT2D eigenvalue weighted by Gasteiger charge is 2.18. The molecular formula is C12H19. The lowest BCUT2D eigenvalue weighted by Gasteiger charge is -2.24. The van der Waals surface area contributed by atoms with Crippen LogP contribution in [-0.4, -0.2) is 0 Å². The second kappa shape index (κ2) is 4.49. The van der Waals surface area contributed by atoms with Crippen LogP contribution in [0.3, 0.4) is 0 Å². The maximum absolute atomic E-state index is 2.35. The van der Waals surface area contributed by atoms with Crippen LogP contribution >= 0.6 is 0 Å². The average molecular weight is 163 g/mol. The summed E-state index contributed by atoms with van der Waals surface area (Å²) in [5, 5.41) is 0. The summed E-state index contributed by atoms with van der Waals surface area (Å²) < 4.78 is 0. The molecule has 2 unspecified atom stereocenters. The molecule has 0 aromatic rings. The monoisotopic (exact) mass is 163 g/mol. The first-order valence-electron chi connectivity index (χ1n) is 4.94. The van der Waals surface area contributed by atoms with E-state index in [2.05, 4.69) is 45.4 Å². The van der Waals surface area contributed by atoms with Crippen molar-refractivity contribution < 1.29 is 0 Å². The van der Waals surface area contributed by atoms with E-state index in [1.54, 1.807) is 0 Å². The normalized spacial score (nSPS) is 25.2. The Hall–Kier alpha value is -0.520. The number of hydrogen-bond donors (Lipinski definition) is 0. The van der Waals surface area contributed by atoms with Crippen LogP contribution in [0.25, 0.3) is 0 Å². The van der Waals surface area contributed by atoms with E-state index in [1.807, 2.05) is 0 Å². The quantitative estimate of drug-likeness (QED) is 0.594. The van der Waals surface area contributed by atoms with Gasteiger partial charge in [0.25, 0.3) is 0 Å². The minimum Gasteiger partial charge on any atom is -0.0802 e. The molecule has 12 heavy (non-hydrogen) atoms. The van der Waals surface area contributed by atoms with Crippen LogP contribution in [0.4, 0.5) is 0 Å². The smallest absolute Gasteiger partial charge is 0.00932 e. The molecule has 0 saturated heterocycles. The number of hydrogen-bond acceptors (Lipinski definition) is 0. The Bertz CT molecular complexity index is 186. The van der Waals surface area contributed by atoms with Crippen molar-refractivity contribution in [1.82, 2.24) is 0 Å². The molecule has 0 saturated carbocycles. The van der Waals surface area contributed by atoms with Gasteiger partial charge in [0, 0.05) is 0 Å². The molecule has 0 aromatic carbocycles. The molecule has 0 amide bonds. The van der Waals surface area contributed by atoms with Crippen molar-refractivity contribution in [1.29, 1.82) is 0 Å². The van der Waals surface area contributed by atoms with Crippen LogP contribution in [0.5, 0.6) is 0 Å². The van der Waals surface area contributed by atoms with Crippen molar-refractivity contribution in [2.24, 2.45) is 11.8 Å². The Balaban J connectivity index is 2.52. The summed E-state index contributed by atoms with van der Waals surface area (Å²) in [4.78, 5) is 0. The van der Waals surface area contributed by atoms with E-state index >= 15 is 0 Å². The highest BCUT2D eigenvalue weighted by Crippen LogP contribution is 2.29. The van der Waals surface area contributed by atoms with Crippen molar-refractivity contribution in [2.45, 2.75) is 33.6 Å². The summed E-state index contributed by atoms with van der Waals surface area (Å²) in [5.41, 5.74) is 1.51. The van der Waals surface area contributed by atoms with E-state index < -0.39 is 0 Å². The summed E-state index contributed by atoms with van der Waals surface area (Å²) in [5.74, 6) is 1.49. The zero-order chi connectivity index (χ0) is 8.97. The first-order chi connectivity index (χ1) is 5.75. The van der Waals surface area contributed by atoms with E-state index in [9.17, 15) is 0 Å². The molecule has 2 atom stereocenters. The maximum atomic E-state index is 2.35. The fourth-order valence-electron chi connectivity index (χ4n) is 1.93. The van der Waals surface area contributed by atoms with Gasteiger partial charge in [0.15, 0.2) is 0 Å². The number of allylic oxidation sites excluding steroid dienone is 4. The lowest BCUT2D eigenvalue weighted by molar-refractivity contribution is 0.424. The van der Waals surface area contributed by atoms with Gasteiger partial charge in [-0.15, -0.1) is 0 Å². The summed E-state index contributed by atoms with van der Waals surface area (Å²) in [6.45, 7) is 6.84. The van der Waals surface area contributed by atoms with Gasteiger partial charge in [-0.05, 0) is 25.2 Å². The van der Waals surface area contributed by atoms with Crippen LogP contribution in [-0.2, 0) is 0 Å². The standard InChI is InChI=1S/C12H19/c1-4-7-10(2)12-9-6-5-8-11(12)3/h5-6,8-10,12H,4,7H2,1-3H3. The van der Waals surface area contributed by atoms with Crippen LogP contribution < -0.4 is 0 Å². The zero-order valence-corrected chi connectivity index (χ0v) is 8.38. The average Bonchev–Trinajstić information content (AvgIpc) is 2.05. The minimum absolute atomic E-state index is 0.690. The second-order valence-corrected chi connectivity index (χ2v) is 3.78. The molecule has 1 radical (unpaired) electrons. The Labute approximate surface area is 76.4 Å². The van der Waals surface area contributed by atoms with Gasteiger partial charge in [-0.1, -0.05) is 50.5 Å². The second-order valence-electron chi connectivity index (χ2n) is 3.78. The molecule has 0 heteroatoms. The molecule has 0 spiro atoms. The van der Waals surface area contributed by atoms with E-state index in [1.165, 1.54) is 18.4 Å². The van der Waals surface area contributed by atoms with Crippen molar-refractivity contribution in [2.75, 3.05) is 0 Å². The van der Waals surface area contributed by atoms with Gasteiger partial charge in [-0.2, -0.15) is 0 Å². The molecule has 0 nitrogen and oxygen atoms in total. The summed E-state index contributed by atoms with van der Waals surface area (Å²) >= 11 is 0. The predicted molar refractivity (Wildman–Crippen MR) is 54.8 cm³/mol. The summed E-state index contributed by atoms with van der Waals surface area (Å²) in [7, 11) is 0. The highest BCUT2D eigenvalue weighted by molar-refractivity contribution is 5.26.